The fraction of sp³-hybridized carbons (Fsp3) is 0.538. The van der Waals surface area contributed by atoms with Crippen LogP contribution in [0.4, 0.5) is 0 Å². The van der Waals surface area contributed by atoms with E-state index >= 15 is 0 Å². The largest absolute Gasteiger partial charge is 0.389 e. The Balaban J connectivity index is 2.30. The van der Waals surface area contributed by atoms with Gasteiger partial charge in [0.05, 0.1) is 15.6 Å². The lowest BCUT2D eigenvalue weighted by Crippen LogP contribution is -2.42. The van der Waals surface area contributed by atoms with Gasteiger partial charge in [-0.25, -0.2) is 8.42 Å². The van der Waals surface area contributed by atoms with E-state index in [1.807, 2.05) is 0 Å². The summed E-state index contributed by atoms with van der Waals surface area (Å²) in [6.07, 6.45) is 3.06. The Labute approximate surface area is 129 Å². The standard InChI is InChI=1S/C13H17Cl2NO3S/c1-16(9-13(17)7-2-3-8-13)20(18,19)12-10(14)5-4-6-11(12)15/h4-6,17H,2-3,7-9H2,1H3. The zero-order valence-electron chi connectivity index (χ0n) is 11.1. The highest BCUT2D eigenvalue weighted by molar-refractivity contribution is 7.89. The van der Waals surface area contributed by atoms with Crippen molar-refractivity contribution in [3.05, 3.63) is 28.2 Å². The van der Waals surface area contributed by atoms with Crippen molar-refractivity contribution in [2.75, 3.05) is 13.6 Å². The molecule has 0 bridgehead atoms. The van der Waals surface area contributed by atoms with Gasteiger partial charge in [0.25, 0.3) is 0 Å². The quantitative estimate of drug-likeness (QED) is 0.918. The van der Waals surface area contributed by atoms with E-state index in [4.69, 9.17) is 23.2 Å². The fourth-order valence-electron chi connectivity index (χ4n) is 2.58. The summed E-state index contributed by atoms with van der Waals surface area (Å²) >= 11 is 11.9. The third-order valence-electron chi connectivity index (χ3n) is 3.64. The highest BCUT2D eigenvalue weighted by atomic mass is 35.5. The first-order chi connectivity index (χ1) is 9.26. The second-order valence-corrected chi connectivity index (χ2v) is 8.04. The minimum atomic E-state index is -3.82. The number of halogens is 2. The lowest BCUT2D eigenvalue weighted by Gasteiger charge is -2.28. The summed E-state index contributed by atoms with van der Waals surface area (Å²) in [7, 11) is -2.38. The van der Waals surface area contributed by atoms with Crippen molar-refractivity contribution in [1.82, 2.24) is 4.31 Å². The normalized spacial score (nSPS) is 18.6. The molecular formula is C13H17Cl2NO3S. The number of likely N-dealkylation sites (N-methyl/N-ethyl adjacent to an activating group) is 1. The van der Waals surface area contributed by atoms with E-state index < -0.39 is 15.6 Å². The van der Waals surface area contributed by atoms with E-state index in [9.17, 15) is 13.5 Å². The Bertz CT molecular complexity index is 577. The van der Waals surface area contributed by atoms with Gasteiger partial charge in [0.1, 0.15) is 4.90 Å². The second kappa shape index (κ2) is 5.81. The molecule has 4 nitrogen and oxygen atoms in total. The highest BCUT2D eigenvalue weighted by Crippen LogP contribution is 2.34. The molecule has 1 aliphatic carbocycles. The third-order valence-corrected chi connectivity index (χ3v) is 6.40. The van der Waals surface area contributed by atoms with Gasteiger partial charge in [0.15, 0.2) is 0 Å². The Morgan fingerprint density at radius 2 is 1.75 bits per heavy atom. The number of sulfonamides is 1. The van der Waals surface area contributed by atoms with Crippen LogP contribution in [0.3, 0.4) is 0 Å². The van der Waals surface area contributed by atoms with Gasteiger partial charge in [0, 0.05) is 13.6 Å². The first kappa shape index (κ1) is 16.0. The van der Waals surface area contributed by atoms with Gasteiger partial charge in [-0.15, -0.1) is 0 Å². The van der Waals surface area contributed by atoms with Gasteiger partial charge in [0.2, 0.25) is 10.0 Å². The number of hydrogen-bond donors (Lipinski definition) is 1. The molecule has 112 valence electrons. The molecule has 0 amide bonds. The number of rotatable bonds is 4. The minimum Gasteiger partial charge on any atom is -0.389 e. The lowest BCUT2D eigenvalue weighted by molar-refractivity contribution is 0.0333. The molecule has 2 rings (SSSR count). The SMILES string of the molecule is CN(CC1(O)CCCC1)S(=O)(=O)c1c(Cl)cccc1Cl. The van der Waals surface area contributed by atoms with E-state index in [1.54, 1.807) is 6.07 Å². The molecule has 1 fully saturated rings. The number of hydrogen-bond acceptors (Lipinski definition) is 3. The zero-order valence-corrected chi connectivity index (χ0v) is 13.5. The van der Waals surface area contributed by atoms with E-state index in [2.05, 4.69) is 0 Å². The Morgan fingerprint density at radius 3 is 2.25 bits per heavy atom. The van der Waals surface area contributed by atoms with Crippen LogP contribution in [0.25, 0.3) is 0 Å². The molecule has 1 aromatic carbocycles. The molecule has 1 aromatic rings. The molecule has 0 radical (unpaired) electrons. The lowest BCUT2D eigenvalue weighted by atomic mass is 10.0. The van der Waals surface area contributed by atoms with Crippen molar-refractivity contribution in [1.29, 1.82) is 0 Å². The first-order valence-corrected chi connectivity index (χ1v) is 8.59. The van der Waals surface area contributed by atoms with Crippen LogP contribution in [-0.2, 0) is 10.0 Å². The van der Waals surface area contributed by atoms with E-state index in [0.29, 0.717) is 12.8 Å². The summed E-state index contributed by atoms with van der Waals surface area (Å²) in [5, 5.41) is 10.5. The van der Waals surface area contributed by atoms with Crippen LogP contribution >= 0.6 is 23.2 Å². The van der Waals surface area contributed by atoms with Crippen molar-refractivity contribution in [3.63, 3.8) is 0 Å². The summed E-state index contributed by atoms with van der Waals surface area (Å²) in [5.41, 5.74) is -0.949. The zero-order chi connectivity index (χ0) is 15.0. The molecule has 20 heavy (non-hydrogen) atoms. The number of benzene rings is 1. The average molecular weight is 338 g/mol. The number of aliphatic hydroxyl groups is 1. The molecule has 0 aliphatic heterocycles. The van der Waals surface area contributed by atoms with Crippen molar-refractivity contribution in [3.8, 4) is 0 Å². The van der Waals surface area contributed by atoms with Crippen LogP contribution in [-0.4, -0.2) is 37.0 Å². The molecular weight excluding hydrogens is 321 g/mol. The summed E-state index contributed by atoms with van der Waals surface area (Å²) in [6.45, 7) is 0.0525. The van der Waals surface area contributed by atoms with Crippen LogP contribution in [0.15, 0.2) is 23.1 Å². The minimum absolute atomic E-state index is 0.0525. The Hall–Kier alpha value is -0.330. The van der Waals surface area contributed by atoms with E-state index in [-0.39, 0.29) is 21.5 Å². The van der Waals surface area contributed by atoms with Crippen LogP contribution in [0.1, 0.15) is 25.7 Å². The van der Waals surface area contributed by atoms with E-state index in [1.165, 1.54) is 19.2 Å². The molecule has 1 N–H and O–H groups in total. The van der Waals surface area contributed by atoms with Gasteiger partial charge in [-0.05, 0) is 25.0 Å². The predicted molar refractivity (Wildman–Crippen MR) is 79.7 cm³/mol. The molecule has 1 saturated carbocycles. The summed E-state index contributed by atoms with van der Waals surface area (Å²) in [4.78, 5) is -0.104. The maximum atomic E-state index is 12.5. The Kier molecular flexibility index (Phi) is 4.66. The third kappa shape index (κ3) is 3.12. The van der Waals surface area contributed by atoms with Gasteiger partial charge in [-0.1, -0.05) is 42.1 Å². The molecule has 0 saturated heterocycles. The smallest absolute Gasteiger partial charge is 0.245 e. The Morgan fingerprint density at radius 1 is 1.25 bits per heavy atom. The molecule has 0 atom stereocenters. The summed E-state index contributed by atoms with van der Waals surface area (Å²) in [6, 6.07) is 4.56. The van der Waals surface area contributed by atoms with Crippen molar-refractivity contribution < 1.29 is 13.5 Å². The second-order valence-electron chi connectivity index (χ2n) is 5.24. The fourth-order valence-corrected chi connectivity index (χ4v) is 4.91. The first-order valence-electron chi connectivity index (χ1n) is 6.39. The number of nitrogens with zero attached hydrogens (tertiary/aromatic N) is 1. The monoisotopic (exact) mass is 337 g/mol. The van der Waals surface area contributed by atoms with Crippen molar-refractivity contribution >= 4 is 33.2 Å². The summed E-state index contributed by atoms with van der Waals surface area (Å²) in [5.74, 6) is 0. The summed E-state index contributed by atoms with van der Waals surface area (Å²) < 4.78 is 26.2. The topological polar surface area (TPSA) is 57.6 Å². The van der Waals surface area contributed by atoms with Crippen molar-refractivity contribution in [2.45, 2.75) is 36.2 Å². The van der Waals surface area contributed by atoms with Gasteiger partial charge >= 0.3 is 0 Å². The molecule has 0 aromatic heterocycles. The predicted octanol–water partition coefficient (Wildman–Crippen LogP) is 2.92. The van der Waals surface area contributed by atoms with Crippen molar-refractivity contribution in [2.24, 2.45) is 0 Å². The average Bonchev–Trinajstić information content (AvgIpc) is 2.75. The van der Waals surface area contributed by atoms with E-state index in [0.717, 1.165) is 17.1 Å². The van der Waals surface area contributed by atoms with Crippen LogP contribution in [0.5, 0.6) is 0 Å². The van der Waals surface area contributed by atoms with Crippen LogP contribution in [0, 0.1) is 0 Å². The van der Waals surface area contributed by atoms with Crippen LogP contribution < -0.4 is 0 Å². The highest BCUT2D eigenvalue weighted by Gasteiger charge is 2.36. The van der Waals surface area contributed by atoms with Gasteiger partial charge < -0.3 is 5.11 Å². The maximum absolute atomic E-state index is 12.5. The van der Waals surface area contributed by atoms with Gasteiger partial charge in [-0.3, -0.25) is 0 Å². The molecule has 0 heterocycles. The molecule has 0 unspecified atom stereocenters. The van der Waals surface area contributed by atoms with Gasteiger partial charge in [-0.2, -0.15) is 4.31 Å². The molecule has 1 aliphatic rings. The van der Waals surface area contributed by atoms with Crippen LogP contribution in [0.2, 0.25) is 10.0 Å². The molecule has 0 spiro atoms. The molecule has 7 heteroatoms. The maximum Gasteiger partial charge on any atom is 0.245 e.